The lowest BCUT2D eigenvalue weighted by molar-refractivity contribution is 0.551. The molecule has 0 saturated heterocycles. The minimum Gasteiger partial charge on any atom is -0.446 e. The molecule has 0 aliphatic heterocycles. The van der Waals surface area contributed by atoms with Crippen LogP contribution in [0.2, 0.25) is 0 Å². The second kappa shape index (κ2) is 3.69. The van der Waals surface area contributed by atoms with Gasteiger partial charge in [-0.3, -0.25) is 0 Å². The Morgan fingerprint density at radius 3 is 2.53 bits per heavy atom. The van der Waals surface area contributed by atoms with Crippen LogP contribution in [0.1, 0.15) is 11.3 Å². The molecule has 0 saturated carbocycles. The molecule has 3 N–H and O–H groups in total. The molecule has 1 aromatic heterocycles. The number of rotatable bonds is 2. The molecule has 0 aliphatic carbocycles. The van der Waals surface area contributed by atoms with Gasteiger partial charge < -0.3 is 15.5 Å². The summed E-state index contributed by atoms with van der Waals surface area (Å²) in [6.45, 7) is 3.92. The van der Waals surface area contributed by atoms with Gasteiger partial charge in [-0.25, -0.2) is 0 Å². The van der Waals surface area contributed by atoms with E-state index in [0.29, 0.717) is 5.88 Å². The molecule has 0 amide bonds. The summed E-state index contributed by atoms with van der Waals surface area (Å²) in [4.78, 5) is 0. The summed E-state index contributed by atoms with van der Waals surface area (Å²) in [6, 6.07) is 9.61. The molecule has 1 heterocycles. The number of para-hydroxylation sites is 1. The fourth-order valence-corrected chi connectivity index (χ4v) is 1.49. The zero-order valence-corrected chi connectivity index (χ0v) is 8.87. The fourth-order valence-electron chi connectivity index (χ4n) is 1.49. The van der Waals surface area contributed by atoms with Crippen LogP contribution in [0.25, 0.3) is 0 Å². The van der Waals surface area contributed by atoms with E-state index in [9.17, 15) is 0 Å². The van der Waals surface area contributed by atoms with Crippen molar-refractivity contribution in [3.8, 4) is 0 Å². The summed E-state index contributed by atoms with van der Waals surface area (Å²) < 4.78 is 5.43. The van der Waals surface area contributed by atoms with Gasteiger partial charge in [0.25, 0.3) is 0 Å². The predicted molar refractivity (Wildman–Crippen MR) is 62.3 cm³/mol. The van der Waals surface area contributed by atoms with Gasteiger partial charge in [0.2, 0.25) is 0 Å². The standard InChI is InChI=1S/C12H14N2O/c1-8-4-3-5-10(13)12(8)14-11-7-6-9(2)15-11/h3-7,14H,13H2,1-2H3. The number of nitrogen functional groups attached to an aromatic ring is 1. The number of benzene rings is 1. The molecule has 0 radical (unpaired) electrons. The van der Waals surface area contributed by atoms with E-state index in [2.05, 4.69) is 5.32 Å². The number of aryl methyl sites for hydroxylation is 2. The monoisotopic (exact) mass is 202 g/mol. The molecule has 0 aliphatic rings. The van der Waals surface area contributed by atoms with Crippen LogP contribution in [0.5, 0.6) is 0 Å². The number of hydrogen-bond donors (Lipinski definition) is 2. The van der Waals surface area contributed by atoms with E-state index in [4.69, 9.17) is 10.2 Å². The van der Waals surface area contributed by atoms with Crippen molar-refractivity contribution in [3.63, 3.8) is 0 Å². The van der Waals surface area contributed by atoms with E-state index in [1.54, 1.807) is 0 Å². The Morgan fingerprint density at radius 1 is 1.13 bits per heavy atom. The van der Waals surface area contributed by atoms with E-state index in [-0.39, 0.29) is 0 Å². The van der Waals surface area contributed by atoms with Gasteiger partial charge in [0, 0.05) is 6.07 Å². The summed E-state index contributed by atoms with van der Waals surface area (Å²) in [5, 5.41) is 3.17. The Bertz CT molecular complexity index is 454. The van der Waals surface area contributed by atoms with E-state index in [0.717, 1.165) is 22.7 Å². The molecule has 2 aromatic rings. The first-order valence-electron chi connectivity index (χ1n) is 4.85. The van der Waals surface area contributed by atoms with Crippen molar-refractivity contribution < 1.29 is 4.42 Å². The van der Waals surface area contributed by atoms with Crippen LogP contribution < -0.4 is 11.1 Å². The summed E-state index contributed by atoms with van der Waals surface area (Å²) in [7, 11) is 0. The molecule has 0 fully saturated rings. The number of anilines is 3. The number of hydrogen-bond acceptors (Lipinski definition) is 3. The Labute approximate surface area is 88.9 Å². The van der Waals surface area contributed by atoms with Crippen molar-refractivity contribution >= 4 is 17.3 Å². The highest BCUT2D eigenvalue weighted by molar-refractivity contribution is 5.74. The van der Waals surface area contributed by atoms with Gasteiger partial charge in [0.15, 0.2) is 5.88 Å². The second-order valence-corrected chi connectivity index (χ2v) is 3.57. The molecule has 0 unspecified atom stereocenters. The van der Waals surface area contributed by atoms with Gasteiger partial charge in [-0.2, -0.15) is 0 Å². The highest BCUT2D eigenvalue weighted by Crippen LogP contribution is 2.27. The third kappa shape index (κ3) is 1.96. The molecule has 0 spiro atoms. The molecule has 2 rings (SSSR count). The van der Waals surface area contributed by atoms with Crippen LogP contribution in [0.3, 0.4) is 0 Å². The van der Waals surface area contributed by atoms with Gasteiger partial charge in [-0.1, -0.05) is 12.1 Å². The number of nitrogens with two attached hydrogens (primary N) is 1. The first-order chi connectivity index (χ1) is 7.16. The molecule has 15 heavy (non-hydrogen) atoms. The van der Waals surface area contributed by atoms with Crippen LogP contribution in [-0.4, -0.2) is 0 Å². The third-order valence-electron chi connectivity index (χ3n) is 2.29. The van der Waals surface area contributed by atoms with Crippen molar-refractivity contribution in [1.29, 1.82) is 0 Å². The molecular weight excluding hydrogens is 188 g/mol. The smallest absolute Gasteiger partial charge is 0.197 e. The van der Waals surface area contributed by atoms with Gasteiger partial charge in [-0.15, -0.1) is 0 Å². The molecule has 3 nitrogen and oxygen atoms in total. The minimum absolute atomic E-state index is 0.716. The minimum atomic E-state index is 0.716. The maximum Gasteiger partial charge on any atom is 0.197 e. The summed E-state index contributed by atoms with van der Waals surface area (Å²) in [6.07, 6.45) is 0. The molecule has 78 valence electrons. The quantitative estimate of drug-likeness (QED) is 0.735. The first kappa shape index (κ1) is 9.65. The highest BCUT2D eigenvalue weighted by atomic mass is 16.4. The highest BCUT2D eigenvalue weighted by Gasteiger charge is 2.04. The van der Waals surface area contributed by atoms with Crippen LogP contribution in [0.15, 0.2) is 34.7 Å². The molecule has 1 aromatic carbocycles. The lowest BCUT2D eigenvalue weighted by Gasteiger charge is -2.09. The summed E-state index contributed by atoms with van der Waals surface area (Å²) in [5.74, 6) is 1.60. The molecule has 3 heteroatoms. The topological polar surface area (TPSA) is 51.2 Å². The predicted octanol–water partition coefficient (Wildman–Crippen LogP) is 3.22. The largest absolute Gasteiger partial charge is 0.446 e. The molecular formula is C12H14N2O. The van der Waals surface area contributed by atoms with E-state index in [1.165, 1.54) is 0 Å². The zero-order chi connectivity index (χ0) is 10.8. The average molecular weight is 202 g/mol. The lowest BCUT2D eigenvalue weighted by atomic mass is 10.1. The SMILES string of the molecule is Cc1ccc(Nc2c(C)cccc2N)o1. The van der Waals surface area contributed by atoms with E-state index in [1.807, 2.05) is 44.2 Å². The van der Waals surface area contributed by atoms with E-state index >= 15 is 0 Å². The summed E-state index contributed by atoms with van der Waals surface area (Å²) in [5.41, 5.74) is 8.61. The lowest BCUT2D eigenvalue weighted by Crippen LogP contribution is -1.97. The number of nitrogens with one attached hydrogen (secondary N) is 1. The van der Waals surface area contributed by atoms with Crippen LogP contribution in [0, 0.1) is 13.8 Å². The average Bonchev–Trinajstić information content (AvgIpc) is 2.58. The van der Waals surface area contributed by atoms with Crippen LogP contribution in [-0.2, 0) is 0 Å². The van der Waals surface area contributed by atoms with Crippen molar-refractivity contribution in [2.75, 3.05) is 11.1 Å². The van der Waals surface area contributed by atoms with Crippen molar-refractivity contribution in [2.45, 2.75) is 13.8 Å². The van der Waals surface area contributed by atoms with Crippen LogP contribution >= 0.6 is 0 Å². The van der Waals surface area contributed by atoms with E-state index < -0.39 is 0 Å². The Kier molecular flexibility index (Phi) is 2.37. The summed E-state index contributed by atoms with van der Waals surface area (Å²) >= 11 is 0. The van der Waals surface area contributed by atoms with Crippen molar-refractivity contribution in [3.05, 3.63) is 41.7 Å². The van der Waals surface area contributed by atoms with Gasteiger partial charge in [-0.05, 0) is 31.5 Å². The Morgan fingerprint density at radius 2 is 1.93 bits per heavy atom. The first-order valence-corrected chi connectivity index (χ1v) is 4.85. The third-order valence-corrected chi connectivity index (χ3v) is 2.29. The Balaban J connectivity index is 2.31. The maximum absolute atomic E-state index is 5.87. The van der Waals surface area contributed by atoms with Gasteiger partial charge >= 0.3 is 0 Å². The number of furan rings is 1. The second-order valence-electron chi connectivity index (χ2n) is 3.57. The van der Waals surface area contributed by atoms with Gasteiger partial charge in [0.1, 0.15) is 5.76 Å². The maximum atomic E-state index is 5.87. The molecule has 0 bridgehead atoms. The fraction of sp³-hybridized carbons (Fsp3) is 0.167. The zero-order valence-electron chi connectivity index (χ0n) is 8.87. The van der Waals surface area contributed by atoms with Crippen molar-refractivity contribution in [2.24, 2.45) is 0 Å². The van der Waals surface area contributed by atoms with Crippen LogP contribution in [0.4, 0.5) is 17.3 Å². The normalized spacial score (nSPS) is 10.3. The van der Waals surface area contributed by atoms with Gasteiger partial charge in [0.05, 0.1) is 11.4 Å². The molecule has 0 atom stereocenters. The van der Waals surface area contributed by atoms with Crippen molar-refractivity contribution in [1.82, 2.24) is 0 Å². The Hall–Kier alpha value is -1.90.